The van der Waals surface area contributed by atoms with Crippen molar-refractivity contribution >= 4 is 39.0 Å². The highest BCUT2D eigenvalue weighted by Crippen LogP contribution is 2.31. The molecule has 0 spiro atoms. The minimum absolute atomic E-state index is 0.00281. The van der Waals surface area contributed by atoms with Crippen LogP contribution in [0.4, 0.5) is 5.69 Å². The average Bonchev–Trinajstić information content (AvgIpc) is 2.97. The fourth-order valence-electron chi connectivity index (χ4n) is 1.92. The maximum Gasteiger partial charge on any atom is 0.258 e. The zero-order valence-corrected chi connectivity index (χ0v) is 14.2. The van der Waals surface area contributed by atoms with Gasteiger partial charge in [0.15, 0.2) is 15.8 Å². The summed E-state index contributed by atoms with van der Waals surface area (Å²) in [6, 6.07) is 5.94. The Balaban J connectivity index is 2.43. The van der Waals surface area contributed by atoms with E-state index in [1.807, 2.05) is 0 Å². The molecule has 24 heavy (non-hydrogen) atoms. The second kappa shape index (κ2) is 6.93. The molecule has 0 bridgehead atoms. The first kappa shape index (κ1) is 17.8. The van der Waals surface area contributed by atoms with Crippen molar-refractivity contribution in [3.05, 3.63) is 46.9 Å². The van der Waals surface area contributed by atoms with Crippen molar-refractivity contribution in [3.63, 3.8) is 0 Å². The van der Waals surface area contributed by atoms with Gasteiger partial charge in [0.05, 0.1) is 28.4 Å². The standard InChI is InChI=1S/C14H15ClN4O4S/c1-24(21,22)11-6-8(13(20)19-14(16)17)5-10(12(11)15)18-7-9-3-2-4-23-9/h2-6,18H,7H2,1H3,(H4,16,17,19,20). The number of nitrogens with two attached hydrogens (primary N) is 1. The molecule has 0 radical (unpaired) electrons. The number of furan rings is 1. The molecule has 0 saturated heterocycles. The molecule has 0 aliphatic heterocycles. The lowest BCUT2D eigenvalue weighted by molar-refractivity contribution is 0.0976. The second-order valence-electron chi connectivity index (χ2n) is 4.91. The topological polar surface area (TPSA) is 138 Å². The Morgan fingerprint density at radius 3 is 2.67 bits per heavy atom. The molecule has 1 aromatic carbocycles. The number of hydrogen-bond donors (Lipinski definition) is 4. The fourth-order valence-corrected chi connectivity index (χ4v) is 3.29. The molecular formula is C14H15ClN4O4S. The van der Waals surface area contributed by atoms with Crippen LogP contribution in [0, 0.1) is 5.41 Å². The number of benzene rings is 1. The summed E-state index contributed by atoms with van der Waals surface area (Å²) in [5.41, 5.74) is 5.36. The Morgan fingerprint density at radius 2 is 2.12 bits per heavy atom. The maximum atomic E-state index is 12.0. The van der Waals surface area contributed by atoms with E-state index in [-0.39, 0.29) is 27.7 Å². The quantitative estimate of drug-likeness (QED) is 0.465. The molecule has 128 valence electrons. The van der Waals surface area contributed by atoms with Crippen LogP contribution in [0.25, 0.3) is 0 Å². The lowest BCUT2D eigenvalue weighted by Crippen LogP contribution is -2.35. The molecule has 0 aliphatic rings. The van der Waals surface area contributed by atoms with Gasteiger partial charge in [-0.25, -0.2) is 8.42 Å². The summed E-state index contributed by atoms with van der Waals surface area (Å²) in [6.45, 7) is 0.244. The lowest BCUT2D eigenvalue weighted by atomic mass is 10.2. The van der Waals surface area contributed by atoms with Crippen LogP contribution >= 0.6 is 11.6 Å². The molecule has 1 aromatic heterocycles. The third kappa shape index (κ3) is 4.27. The van der Waals surface area contributed by atoms with Gasteiger partial charge in [-0.05, 0) is 24.3 Å². The Kier molecular flexibility index (Phi) is 5.15. The van der Waals surface area contributed by atoms with Gasteiger partial charge in [0.25, 0.3) is 5.91 Å². The molecule has 2 rings (SSSR count). The van der Waals surface area contributed by atoms with Gasteiger partial charge in [-0.1, -0.05) is 11.6 Å². The number of anilines is 1. The number of nitrogens with one attached hydrogen (secondary N) is 3. The van der Waals surface area contributed by atoms with Crippen molar-refractivity contribution in [2.45, 2.75) is 11.4 Å². The van der Waals surface area contributed by atoms with Gasteiger partial charge in [-0.2, -0.15) is 0 Å². The van der Waals surface area contributed by atoms with Crippen molar-refractivity contribution in [2.75, 3.05) is 11.6 Å². The first-order chi connectivity index (χ1) is 11.2. The van der Waals surface area contributed by atoms with Crippen molar-refractivity contribution in [1.82, 2.24) is 5.32 Å². The molecule has 0 unspecified atom stereocenters. The van der Waals surface area contributed by atoms with Crippen molar-refractivity contribution in [2.24, 2.45) is 5.73 Å². The first-order valence-corrected chi connectivity index (χ1v) is 8.90. The number of guanidine groups is 1. The summed E-state index contributed by atoms with van der Waals surface area (Å²) in [4.78, 5) is 11.8. The van der Waals surface area contributed by atoms with E-state index in [1.165, 1.54) is 12.3 Å². The van der Waals surface area contributed by atoms with E-state index in [0.717, 1.165) is 12.3 Å². The normalized spacial score (nSPS) is 11.1. The Bertz CT molecular complexity index is 878. The molecule has 1 amide bonds. The van der Waals surface area contributed by atoms with Crippen LogP contribution in [0.2, 0.25) is 5.02 Å². The van der Waals surface area contributed by atoms with Crippen molar-refractivity contribution < 1.29 is 17.6 Å². The highest BCUT2D eigenvalue weighted by molar-refractivity contribution is 7.90. The van der Waals surface area contributed by atoms with Gasteiger partial charge in [0.1, 0.15) is 5.76 Å². The third-order valence-corrected chi connectivity index (χ3v) is 4.62. The fraction of sp³-hybridized carbons (Fsp3) is 0.143. The molecular weight excluding hydrogens is 356 g/mol. The summed E-state index contributed by atoms with van der Waals surface area (Å²) >= 11 is 6.15. The Hall–Kier alpha value is -2.52. The summed E-state index contributed by atoms with van der Waals surface area (Å²) in [6.07, 6.45) is 2.48. The van der Waals surface area contributed by atoms with Crippen LogP contribution in [0.15, 0.2) is 39.8 Å². The summed E-state index contributed by atoms with van der Waals surface area (Å²) in [5.74, 6) is -0.670. The van der Waals surface area contributed by atoms with Gasteiger partial charge in [0.2, 0.25) is 0 Å². The van der Waals surface area contributed by atoms with Crippen LogP contribution in [-0.4, -0.2) is 26.5 Å². The highest BCUT2D eigenvalue weighted by Gasteiger charge is 2.20. The predicted octanol–water partition coefficient (Wildman–Crippen LogP) is 1.57. The van der Waals surface area contributed by atoms with E-state index in [1.54, 1.807) is 12.1 Å². The van der Waals surface area contributed by atoms with Gasteiger partial charge in [0, 0.05) is 11.8 Å². The maximum absolute atomic E-state index is 12.0. The molecule has 8 nitrogen and oxygen atoms in total. The first-order valence-electron chi connectivity index (χ1n) is 6.63. The minimum atomic E-state index is -3.67. The summed E-state index contributed by atoms with van der Waals surface area (Å²) < 4.78 is 29.0. The summed E-state index contributed by atoms with van der Waals surface area (Å²) in [5, 5.41) is 12.1. The number of carbonyl (C=O) groups is 1. The SMILES string of the molecule is CS(=O)(=O)c1cc(C(=O)NC(=N)N)cc(NCc2ccco2)c1Cl. The van der Waals surface area contributed by atoms with E-state index in [9.17, 15) is 13.2 Å². The van der Waals surface area contributed by atoms with E-state index >= 15 is 0 Å². The molecule has 0 atom stereocenters. The van der Waals surface area contributed by atoms with Crippen LogP contribution in [-0.2, 0) is 16.4 Å². The molecule has 10 heteroatoms. The molecule has 0 fully saturated rings. The second-order valence-corrected chi connectivity index (χ2v) is 7.27. The van der Waals surface area contributed by atoms with E-state index in [2.05, 4.69) is 10.6 Å². The van der Waals surface area contributed by atoms with E-state index < -0.39 is 21.7 Å². The molecule has 5 N–H and O–H groups in total. The summed E-state index contributed by atoms with van der Waals surface area (Å²) in [7, 11) is -3.67. The Labute approximate surface area is 143 Å². The zero-order valence-electron chi connectivity index (χ0n) is 12.6. The molecule has 1 heterocycles. The number of amides is 1. The molecule has 0 saturated carbocycles. The van der Waals surface area contributed by atoms with Gasteiger partial charge in [-0.3, -0.25) is 15.5 Å². The zero-order chi connectivity index (χ0) is 17.9. The highest BCUT2D eigenvalue weighted by atomic mass is 35.5. The van der Waals surface area contributed by atoms with Crippen LogP contribution in [0.1, 0.15) is 16.1 Å². The number of halogens is 1. The third-order valence-electron chi connectivity index (χ3n) is 2.98. The number of rotatable bonds is 5. The van der Waals surface area contributed by atoms with Gasteiger partial charge in [-0.15, -0.1) is 0 Å². The largest absolute Gasteiger partial charge is 0.467 e. The van der Waals surface area contributed by atoms with Crippen molar-refractivity contribution in [3.8, 4) is 0 Å². The van der Waals surface area contributed by atoms with Gasteiger partial charge < -0.3 is 15.5 Å². The minimum Gasteiger partial charge on any atom is -0.467 e. The van der Waals surface area contributed by atoms with Crippen LogP contribution in [0.5, 0.6) is 0 Å². The number of hydrogen-bond acceptors (Lipinski definition) is 6. The smallest absolute Gasteiger partial charge is 0.258 e. The van der Waals surface area contributed by atoms with Crippen LogP contribution in [0.3, 0.4) is 0 Å². The van der Waals surface area contributed by atoms with E-state index in [0.29, 0.717) is 5.76 Å². The monoisotopic (exact) mass is 370 g/mol. The predicted molar refractivity (Wildman–Crippen MR) is 90.0 cm³/mol. The van der Waals surface area contributed by atoms with Crippen molar-refractivity contribution in [1.29, 1.82) is 5.41 Å². The Morgan fingerprint density at radius 1 is 1.42 bits per heavy atom. The van der Waals surface area contributed by atoms with Crippen LogP contribution < -0.4 is 16.4 Å². The molecule has 0 aliphatic carbocycles. The molecule has 2 aromatic rings. The average molecular weight is 371 g/mol. The van der Waals surface area contributed by atoms with Gasteiger partial charge >= 0.3 is 0 Å². The number of sulfone groups is 1. The lowest BCUT2D eigenvalue weighted by Gasteiger charge is -2.13. The number of carbonyl (C=O) groups excluding carboxylic acids is 1. The van der Waals surface area contributed by atoms with E-state index in [4.69, 9.17) is 27.2 Å².